The summed E-state index contributed by atoms with van der Waals surface area (Å²) in [5.74, 6) is 0.368. The summed E-state index contributed by atoms with van der Waals surface area (Å²) < 4.78 is 1.48. The van der Waals surface area contributed by atoms with Gasteiger partial charge in [-0.25, -0.2) is 9.50 Å². The van der Waals surface area contributed by atoms with Gasteiger partial charge in [-0.2, -0.15) is 0 Å². The molecule has 0 amide bonds. The number of aromatic nitrogens is 4. The molecule has 6 nitrogen and oxygen atoms in total. The summed E-state index contributed by atoms with van der Waals surface area (Å²) in [5.41, 5.74) is 3.09. The Labute approximate surface area is 127 Å². The zero-order valence-electron chi connectivity index (χ0n) is 12.1. The maximum Gasteiger partial charge on any atom is 0.272 e. The highest BCUT2D eigenvalue weighted by molar-refractivity contribution is 5.60. The van der Waals surface area contributed by atoms with Gasteiger partial charge < -0.3 is 5.32 Å². The zero-order valence-corrected chi connectivity index (χ0v) is 12.1. The van der Waals surface area contributed by atoms with Crippen LogP contribution in [0.4, 0.5) is 0 Å². The quantitative estimate of drug-likeness (QED) is 0.752. The SMILES string of the molecule is O=c1cc(C2CCNCC2)nc2cc(-c3ccccn3)[nH]n12. The summed E-state index contributed by atoms with van der Waals surface area (Å²) in [5, 5.41) is 6.41. The van der Waals surface area contributed by atoms with Crippen LogP contribution < -0.4 is 10.9 Å². The van der Waals surface area contributed by atoms with Gasteiger partial charge in [-0.1, -0.05) is 6.07 Å². The summed E-state index contributed by atoms with van der Waals surface area (Å²) in [6.45, 7) is 1.97. The van der Waals surface area contributed by atoms with Crippen molar-refractivity contribution in [1.82, 2.24) is 24.9 Å². The molecule has 0 spiro atoms. The number of rotatable bonds is 2. The van der Waals surface area contributed by atoms with Crippen molar-refractivity contribution < 1.29 is 0 Å². The van der Waals surface area contributed by atoms with Gasteiger partial charge in [0.05, 0.1) is 17.1 Å². The van der Waals surface area contributed by atoms with E-state index in [0.29, 0.717) is 11.6 Å². The van der Waals surface area contributed by atoms with E-state index in [0.717, 1.165) is 43.0 Å². The second-order valence-electron chi connectivity index (χ2n) is 5.62. The Morgan fingerprint density at radius 2 is 2.05 bits per heavy atom. The fourth-order valence-electron chi connectivity index (χ4n) is 2.99. The van der Waals surface area contributed by atoms with E-state index in [1.807, 2.05) is 24.3 Å². The monoisotopic (exact) mass is 295 g/mol. The minimum Gasteiger partial charge on any atom is -0.317 e. The Morgan fingerprint density at radius 3 is 2.82 bits per heavy atom. The van der Waals surface area contributed by atoms with Crippen molar-refractivity contribution in [1.29, 1.82) is 0 Å². The molecule has 6 heteroatoms. The summed E-state index contributed by atoms with van der Waals surface area (Å²) in [4.78, 5) is 21.3. The molecule has 4 heterocycles. The van der Waals surface area contributed by atoms with Gasteiger partial charge in [-0.3, -0.25) is 14.9 Å². The number of aromatic amines is 1. The number of hydrogen-bond acceptors (Lipinski definition) is 4. The molecule has 1 saturated heterocycles. The molecule has 0 aliphatic carbocycles. The summed E-state index contributed by atoms with van der Waals surface area (Å²) in [7, 11) is 0. The molecule has 0 aromatic carbocycles. The molecule has 1 aliphatic rings. The number of fused-ring (bicyclic) bond motifs is 1. The van der Waals surface area contributed by atoms with E-state index in [4.69, 9.17) is 0 Å². The Hall–Kier alpha value is -2.47. The number of hydrogen-bond donors (Lipinski definition) is 2. The second kappa shape index (κ2) is 5.38. The first-order chi connectivity index (χ1) is 10.8. The second-order valence-corrected chi connectivity index (χ2v) is 5.62. The van der Waals surface area contributed by atoms with Gasteiger partial charge >= 0.3 is 0 Å². The zero-order chi connectivity index (χ0) is 14.9. The number of nitrogens with zero attached hydrogens (tertiary/aromatic N) is 3. The van der Waals surface area contributed by atoms with Gasteiger partial charge in [0.2, 0.25) is 0 Å². The average Bonchev–Trinajstić information content (AvgIpc) is 3.01. The predicted molar refractivity (Wildman–Crippen MR) is 83.9 cm³/mol. The van der Waals surface area contributed by atoms with Crippen LogP contribution >= 0.6 is 0 Å². The Bertz CT molecular complexity index is 846. The minimum atomic E-state index is -0.0688. The molecule has 0 radical (unpaired) electrons. The lowest BCUT2D eigenvalue weighted by molar-refractivity contribution is 0.453. The number of piperidine rings is 1. The van der Waals surface area contributed by atoms with Gasteiger partial charge in [0.15, 0.2) is 5.65 Å². The number of nitrogens with one attached hydrogen (secondary N) is 2. The van der Waals surface area contributed by atoms with Crippen LogP contribution in [0.3, 0.4) is 0 Å². The van der Waals surface area contributed by atoms with E-state index >= 15 is 0 Å². The van der Waals surface area contributed by atoms with Crippen LogP contribution in [-0.2, 0) is 0 Å². The van der Waals surface area contributed by atoms with E-state index in [2.05, 4.69) is 20.4 Å². The maximum absolute atomic E-state index is 12.3. The molecular formula is C16H17N5O. The Balaban J connectivity index is 1.79. The van der Waals surface area contributed by atoms with Gasteiger partial charge in [0, 0.05) is 24.2 Å². The first-order valence-electron chi connectivity index (χ1n) is 7.56. The first kappa shape index (κ1) is 13.2. The van der Waals surface area contributed by atoms with Crippen molar-refractivity contribution in [2.45, 2.75) is 18.8 Å². The molecule has 0 saturated carbocycles. The van der Waals surface area contributed by atoms with Gasteiger partial charge in [0.1, 0.15) is 0 Å². The van der Waals surface area contributed by atoms with Crippen LogP contribution in [0, 0.1) is 0 Å². The summed E-state index contributed by atoms with van der Waals surface area (Å²) in [6.07, 6.45) is 3.79. The van der Waals surface area contributed by atoms with Crippen LogP contribution in [0.2, 0.25) is 0 Å². The van der Waals surface area contributed by atoms with Crippen molar-refractivity contribution >= 4 is 5.65 Å². The van der Waals surface area contributed by atoms with Gasteiger partial charge in [0.25, 0.3) is 5.56 Å². The normalized spacial score (nSPS) is 16.2. The lowest BCUT2D eigenvalue weighted by Gasteiger charge is -2.21. The van der Waals surface area contributed by atoms with Gasteiger partial charge in [-0.15, -0.1) is 0 Å². The molecule has 0 atom stereocenters. The van der Waals surface area contributed by atoms with Crippen LogP contribution in [0.25, 0.3) is 17.0 Å². The van der Waals surface area contributed by atoms with Crippen molar-refractivity contribution in [2.24, 2.45) is 0 Å². The highest BCUT2D eigenvalue weighted by Crippen LogP contribution is 2.23. The van der Waals surface area contributed by atoms with Gasteiger partial charge in [-0.05, 0) is 38.1 Å². The fourth-order valence-corrected chi connectivity index (χ4v) is 2.99. The van der Waals surface area contributed by atoms with Crippen LogP contribution in [0.1, 0.15) is 24.5 Å². The molecule has 1 fully saturated rings. The number of pyridine rings is 1. The van der Waals surface area contributed by atoms with E-state index < -0.39 is 0 Å². The molecular weight excluding hydrogens is 278 g/mol. The van der Waals surface area contributed by atoms with Crippen molar-refractivity contribution in [2.75, 3.05) is 13.1 Å². The average molecular weight is 295 g/mol. The number of H-pyrrole nitrogens is 1. The van der Waals surface area contributed by atoms with E-state index in [9.17, 15) is 4.79 Å². The highest BCUT2D eigenvalue weighted by atomic mass is 16.1. The molecule has 2 N–H and O–H groups in total. The first-order valence-corrected chi connectivity index (χ1v) is 7.56. The fraction of sp³-hybridized carbons (Fsp3) is 0.312. The third kappa shape index (κ3) is 2.31. The minimum absolute atomic E-state index is 0.0688. The van der Waals surface area contributed by atoms with E-state index in [1.165, 1.54) is 4.52 Å². The highest BCUT2D eigenvalue weighted by Gasteiger charge is 2.18. The van der Waals surface area contributed by atoms with E-state index in [-0.39, 0.29) is 5.56 Å². The smallest absolute Gasteiger partial charge is 0.272 e. The molecule has 0 bridgehead atoms. The largest absolute Gasteiger partial charge is 0.317 e. The lowest BCUT2D eigenvalue weighted by atomic mass is 9.94. The lowest BCUT2D eigenvalue weighted by Crippen LogP contribution is -2.28. The van der Waals surface area contributed by atoms with Crippen molar-refractivity contribution in [3.05, 3.63) is 52.6 Å². The molecule has 112 valence electrons. The summed E-state index contributed by atoms with van der Waals surface area (Å²) in [6, 6.07) is 9.23. The third-order valence-corrected chi connectivity index (χ3v) is 4.17. The molecule has 22 heavy (non-hydrogen) atoms. The topological polar surface area (TPSA) is 75.1 Å². The van der Waals surface area contributed by atoms with Crippen LogP contribution in [0.15, 0.2) is 41.3 Å². The van der Waals surface area contributed by atoms with Crippen molar-refractivity contribution in [3.8, 4) is 11.4 Å². The molecule has 3 aromatic heterocycles. The van der Waals surface area contributed by atoms with Crippen LogP contribution in [-0.4, -0.2) is 32.7 Å². The van der Waals surface area contributed by atoms with Crippen molar-refractivity contribution in [3.63, 3.8) is 0 Å². The van der Waals surface area contributed by atoms with Crippen LogP contribution in [0.5, 0.6) is 0 Å². The maximum atomic E-state index is 12.3. The molecule has 0 unspecified atom stereocenters. The van der Waals surface area contributed by atoms with E-state index in [1.54, 1.807) is 12.3 Å². The Morgan fingerprint density at radius 1 is 1.18 bits per heavy atom. The third-order valence-electron chi connectivity index (χ3n) is 4.17. The Kier molecular flexibility index (Phi) is 3.23. The molecule has 1 aliphatic heterocycles. The standard InChI is InChI=1S/C16H17N5O/c22-16-10-13(11-4-7-17-8-5-11)19-15-9-14(20-21(15)16)12-3-1-2-6-18-12/h1-3,6,9-11,17,20H,4-5,7-8H2. The summed E-state index contributed by atoms with van der Waals surface area (Å²) >= 11 is 0. The predicted octanol–water partition coefficient (Wildman–Crippen LogP) is 1.55. The molecule has 3 aromatic rings. The molecule has 4 rings (SSSR count).